The zero-order valence-corrected chi connectivity index (χ0v) is 22.1. The number of fused-ring (bicyclic) bond motifs is 2. The average Bonchev–Trinajstić information content (AvgIpc) is 3.64. The second-order valence-electron chi connectivity index (χ2n) is 10.0. The number of carbonyl (C=O) groups excluding carboxylic acids is 2. The lowest BCUT2D eigenvalue weighted by molar-refractivity contribution is -0.110. The molecule has 3 heterocycles. The monoisotopic (exact) mass is 529 g/mol. The summed E-state index contributed by atoms with van der Waals surface area (Å²) >= 11 is 0. The smallest absolute Gasteiger partial charge is 0.277 e. The number of nitrogens with one attached hydrogen (secondary N) is 3. The van der Waals surface area contributed by atoms with E-state index in [-0.39, 0.29) is 12.1 Å². The number of hydrogen-bond donors (Lipinski definition) is 3. The van der Waals surface area contributed by atoms with Gasteiger partial charge in [0.2, 0.25) is 5.95 Å². The van der Waals surface area contributed by atoms with Crippen LogP contribution in [0.5, 0.6) is 0 Å². The molecule has 0 fully saturated rings. The van der Waals surface area contributed by atoms with E-state index in [0.717, 1.165) is 22.8 Å². The molecular formula is C31H27N7O2. The van der Waals surface area contributed by atoms with Gasteiger partial charge in [-0.2, -0.15) is 0 Å². The molecule has 5 aromatic rings. The number of aromatic amines is 2. The summed E-state index contributed by atoms with van der Waals surface area (Å²) in [4.78, 5) is 50.1. The molecule has 0 spiro atoms. The van der Waals surface area contributed by atoms with Crippen molar-refractivity contribution >= 4 is 45.3 Å². The van der Waals surface area contributed by atoms with Gasteiger partial charge >= 0.3 is 0 Å². The number of imidazole rings is 2. The Kier molecular flexibility index (Phi) is 6.61. The summed E-state index contributed by atoms with van der Waals surface area (Å²) in [6.45, 7) is 4.23. The summed E-state index contributed by atoms with van der Waals surface area (Å²) in [6, 6.07) is 15.1. The zero-order chi connectivity index (χ0) is 27.6. The molecule has 9 nitrogen and oxygen atoms in total. The molecular weight excluding hydrogens is 502 g/mol. The van der Waals surface area contributed by atoms with Gasteiger partial charge in [0.15, 0.2) is 5.82 Å². The third kappa shape index (κ3) is 5.22. The normalized spacial score (nSPS) is 15.7. The van der Waals surface area contributed by atoms with Crippen LogP contribution in [-0.2, 0) is 4.79 Å². The quantitative estimate of drug-likeness (QED) is 0.232. The predicted molar refractivity (Wildman–Crippen MR) is 156 cm³/mol. The molecule has 0 radical (unpaired) electrons. The first kappa shape index (κ1) is 25.1. The van der Waals surface area contributed by atoms with Gasteiger partial charge < -0.3 is 9.97 Å². The van der Waals surface area contributed by atoms with Crippen LogP contribution in [0.25, 0.3) is 33.3 Å². The summed E-state index contributed by atoms with van der Waals surface area (Å²) in [5.41, 5.74) is 4.87. The Bertz CT molecular complexity index is 1840. The van der Waals surface area contributed by atoms with E-state index in [2.05, 4.69) is 55.2 Å². The van der Waals surface area contributed by atoms with Crippen molar-refractivity contribution in [1.82, 2.24) is 24.9 Å². The van der Waals surface area contributed by atoms with Gasteiger partial charge in [-0.3, -0.25) is 19.9 Å². The summed E-state index contributed by atoms with van der Waals surface area (Å²) in [5.74, 6) is 0.270. The first-order valence-electron chi connectivity index (χ1n) is 13.1. The van der Waals surface area contributed by atoms with E-state index in [1.165, 1.54) is 11.8 Å². The number of rotatable bonds is 6. The second-order valence-corrected chi connectivity index (χ2v) is 10.0. The molecule has 198 valence electrons. The minimum absolute atomic E-state index is 0.124. The number of amides is 2. The minimum atomic E-state index is -0.511. The molecule has 2 aromatic carbocycles. The number of carbonyl (C=O) groups is 2. The first-order valence-corrected chi connectivity index (χ1v) is 13.1. The number of nitrogens with zero attached hydrogens (tertiary/aromatic N) is 4. The van der Waals surface area contributed by atoms with Gasteiger partial charge in [-0.25, -0.2) is 15.0 Å². The van der Waals surface area contributed by atoms with Crippen molar-refractivity contribution in [1.29, 1.82) is 0 Å². The van der Waals surface area contributed by atoms with Crippen LogP contribution in [0.4, 0.5) is 5.95 Å². The maximum atomic E-state index is 13.3. The molecule has 0 bridgehead atoms. The van der Waals surface area contributed by atoms with E-state index in [1.54, 1.807) is 24.4 Å². The number of allylic oxidation sites excluding steroid dienone is 4. The molecule has 0 saturated heterocycles. The van der Waals surface area contributed by atoms with Gasteiger partial charge in [-0.05, 0) is 48.9 Å². The first-order chi connectivity index (χ1) is 19.4. The van der Waals surface area contributed by atoms with Crippen LogP contribution in [-0.4, -0.2) is 42.4 Å². The fourth-order valence-corrected chi connectivity index (χ4v) is 4.73. The van der Waals surface area contributed by atoms with Crippen LogP contribution < -0.4 is 5.32 Å². The van der Waals surface area contributed by atoms with Gasteiger partial charge in [0, 0.05) is 36.0 Å². The van der Waals surface area contributed by atoms with Gasteiger partial charge in [-0.15, -0.1) is 0 Å². The van der Waals surface area contributed by atoms with Crippen molar-refractivity contribution < 1.29 is 9.59 Å². The van der Waals surface area contributed by atoms with Crippen molar-refractivity contribution in [2.75, 3.05) is 5.32 Å². The lowest BCUT2D eigenvalue weighted by Gasteiger charge is -2.19. The molecule has 6 rings (SSSR count). The van der Waals surface area contributed by atoms with Gasteiger partial charge in [0.1, 0.15) is 11.4 Å². The molecule has 40 heavy (non-hydrogen) atoms. The lowest BCUT2D eigenvalue weighted by atomic mass is 9.87. The van der Waals surface area contributed by atoms with Crippen LogP contribution in [0.1, 0.15) is 37.0 Å². The number of aromatic nitrogens is 5. The van der Waals surface area contributed by atoms with Crippen molar-refractivity contribution in [3.63, 3.8) is 0 Å². The number of pyridine rings is 1. The highest BCUT2D eigenvalue weighted by atomic mass is 16.2. The number of benzene rings is 2. The fraction of sp³-hybridized carbons (Fsp3) is 0.161. The van der Waals surface area contributed by atoms with E-state index in [1.807, 2.05) is 42.6 Å². The lowest BCUT2D eigenvalue weighted by Crippen LogP contribution is -2.25. The van der Waals surface area contributed by atoms with Crippen molar-refractivity contribution in [3.8, 4) is 11.5 Å². The van der Waals surface area contributed by atoms with E-state index in [0.29, 0.717) is 40.0 Å². The maximum Gasteiger partial charge on any atom is 0.277 e. The molecule has 3 aromatic heterocycles. The Morgan fingerprint density at radius 3 is 2.73 bits per heavy atom. The second kappa shape index (κ2) is 10.5. The number of hydrogen-bond acceptors (Lipinski definition) is 5. The minimum Gasteiger partial charge on any atom is -0.337 e. The van der Waals surface area contributed by atoms with Gasteiger partial charge in [0.25, 0.3) is 11.8 Å². The average molecular weight is 530 g/mol. The molecule has 1 aliphatic carbocycles. The van der Waals surface area contributed by atoms with Crippen molar-refractivity contribution in [2.45, 2.75) is 26.7 Å². The fourth-order valence-electron chi connectivity index (χ4n) is 4.73. The molecule has 1 aliphatic rings. The maximum absolute atomic E-state index is 13.3. The van der Waals surface area contributed by atoms with Crippen LogP contribution in [0.2, 0.25) is 0 Å². The van der Waals surface area contributed by atoms with Crippen molar-refractivity contribution in [2.24, 2.45) is 10.9 Å². The third-order valence-corrected chi connectivity index (χ3v) is 7.15. The molecule has 0 saturated carbocycles. The Labute approximate surface area is 230 Å². The highest BCUT2D eigenvalue weighted by Crippen LogP contribution is 2.27. The summed E-state index contributed by atoms with van der Waals surface area (Å²) in [5, 5.41) is 4.81. The Morgan fingerprint density at radius 1 is 1.07 bits per heavy atom. The molecule has 1 unspecified atom stereocenters. The van der Waals surface area contributed by atoms with E-state index in [4.69, 9.17) is 0 Å². The van der Waals surface area contributed by atoms with Gasteiger partial charge in [-0.1, -0.05) is 54.5 Å². The SMILES string of the molecule is CC1=CC=C(CC(=NC(=O)c2ccc3nc(-c4cc5ccccc5cn4)[nH]c3c2)C(=O)Nc2ncc[nH]2)CC1C. The Morgan fingerprint density at radius 2 is 1.93 bits per heavy atom. The topological polar surface area (TPSA) is 129 Å². The molecule has 2 amide bonds. The van der Waals surface area contributed by atoms with Crippen molar-refractivity contribution in [3.05, 3.63) is 96.0 Å². The predicted octanol–water partition coefficient (Wildman–Crippen LogP) is 6.02. The Hall–Kier alpha value is -5.18. The summed E-state index contributed by atoms with van der Waals surface area (Å²) < 4.78 is 0. The van der Waals surface area contributed by atoms with Gasteiger partial charge in [0.05, 0.1) is 11.0 Å². The van der Waals surface area contributed by atoms with Crippen LogP contribution in [0, 0.1) is 5.92 Å². The van der Waals surface area contributed by atoms with E-state index >= 15 is 0 Å². The summed E-state index contributed by atoms with van der Waals surface area (Å²) in [6.07, 6.45) is 10.1. The van der Waals surface area contributed by atoms with Crippen LogP contribution >= 0.6 is 0 Å². The highest BCUT2D eigenvalue weighted by molar-refractivity contribution is 6.45. The molecule has 9 heteroatoms. The number of aliphatic imine (C=N–C) groups is 1. The highest BCUT2D eigenvalue weighted by Gasteiger charge is 2.21. The molecule has 0 aliphatic heterocycles. The van der Waals surface area contributed by atoms with Crippen LogP contribution in [0.3, 0.4) is 0 Å². The van der Waals surface area contributed by atoms with E-state index in [9.17, 15) is 9.59 Å². The number of H-pyrrole nitrogens is 2. The largest absolute Gasteiger partial charge is 0.337 e. The summed E-state index contributed by atoms with van der Waals surface area (Å²) in [7, 11) is 0. The van der Waals surface area contributed by atoms with Crippen LogP contribution in [0.15, 0.2) is 95.4 Å². The molecule has 1 atom stereocenters. The Balaban J connectivity index is 1.29. The molecule has 3 N–H and O–H groups in total. The van der Waals surface area contributed by atoms with E-state index < -0.39 is 11.8 Å². The third-order valence-electron chi connectivity index (χ3n) is 7.15. The standard InChI is InChI=1S/C31H27N7O2/c1-18-7-8-20(13-19(18)2)14-27(30(40)38-31-32-11-12-33-31)37-29(39)22-9-10-24-25(16-22)36-28(35-24)26-15-21-5-3-4-6-23(21)17-34-26/h3-12,15-17,19H,13-14H2,1-2H3,(H,35,36)(H2,32,33,38,40). The number of anilines is 1. The zero-order valence-electron chi connectivity index (χ0n) is 22.1.